The Morgan fingerprint density at radius 1 is 0.892 bits per heavy atom. The number of carbonyl (C=O) groups excluding carboxylic acids is 2. The molecule has 1 saturated heterocycles. The fourth-order valence-electron chi connectivity index (χ4n) is 4.88. The largest absolute Gasteiger partial charge is 0.351 e. The van der Waals surface area contributed by atoms with Crippen molar-refractivity contribution >= 4 is 27.5 Å². The second-order valence-electron chi connectivity index (χ2n) is 9.66. The number of aromatic nitrogens is 1. The summed E-state index contributed by atoms with van der Waals surface area (Å²) < 4.78 is 26.4. The maximum Gasteiger partial charge on any atom is 0.258 e. The Bertz CT molecular complexity index is 1170. The van der Waals surface area contributed by atoms with E-state index in [-0.39, 0.29) is 24.1 Å². The Hall–Kier alpha value is -2.82. The average molecular weight is 528 g/mol. The van der Waals surface area contributed by atoms with Crippen LogP contribution >= 0.6 is 0 Å². The number of nitrogens with zero attached hydrogens (tertiary/aromatic N) is 3. The van der Waals surface area contributed by atoms with E-state index in [4.69, 9.17) is 0 Å². The lowest BCUT2D eigenvalue weighted by atomic mass is 10.0. The van der Waals surface area contributed by atoms with Crippen LogP contribution in [0.15, 0.2) is 42.7 Å². The summed E-state index contributed by atoms with van der Waals surface area (Å²) in [5, 5.41) is 6.22. The van der Waals surface area contributed by atoms with Crippen LogP contribution in [0.25, 0.3) is 0 Å². The Labute approximate surface area is 219 Å². The van der Waals surface area contributed by atoms with Gasteiger partial charge >= 0.3 is 0 Å². The molecule has 1 fully saturated rings. The number of rotatable bonds is 6. The molecule has 0 bridgehead atoms. The highest BCUT2D eigenvalue weighted by Crippen LogP contribution is 2.26. The highest BCUT2D eigenvalue weighted by atomic mass is 32.2. The molecule has 10 heteroatoms. The lowest BCUT2D eigenvalue weighted by Crippen LogP contribution is -2.36. The molecule has 2 aliphatic heterocycles. The van der Waals surface area contributed by atoms with Gasteiger partial charge in [-0.25, -0.2) is 12.7 Å². The Kier molecular flexibility index (Phi) is 9.65. The number of anilines is 1. The minimum Gasteiger partial charge on any atom is -0.351 e. The van der Waals surface area contributed by atoms with Gasteiger partial charge in [0.1, 0.15) is 0 Å². The minimum atomic E-state index is -3.36. The first-order valence-electron chi connectivity index (χ1n) is 13.3. The zero-order chi connectivity index (χ0) is 26.1. The van der Waals surface area contributed by atoms with Gasteiger partial charge in [-0.05, 0) is 68.1 Å². The van der Waals surface area contributed by atoms with Gasteiger partial charge in [0.15, 0.2) is 0 Å². The summed E-state index contributed by atoms with van der Waals surface area (Å²) in [5.41, 5.74) is 2.66. The highest BCUT2D eigenvalue weighted by Gasteiger charge is 2.25. The molecule has 9 nitrogen and oxygen atoms in total. The van der Waals surface area contributed by atoms with E-state index < -0.39 is 10.0 Å². The lowest BCUT2D eigenvalue weighted by Gasteiger charge is -2.27. The summed E-state index contributed by atoms with van der Waals surface area (Å²) in [4.78, 5) is 32.2. The van der Waals surface area contributed by atoms with Crippen molar-refractivity contribution in [2.45, 2.75) is 51.5 Å². The van der Waals surface area contributed by atoms with Crippen LogP contribution in [0.3, 0.4) is 0 Å². The Morgan fingerprint density at radius 3 is 2.38 bits per heavy atom. The van der Waals surface area contributed by atoms with Gasteiger partial charge < -0.3 is 15.5 Å². The van der Waals surface area contributed by atoms with Crippen LogP contribution in [0, 0.1) is 0 Å². The van der Waals surface area contributed by atoms with Gasteiger partial charge in [-0.15, -0.1) is 0 Å². The number of carbonyl (C=O) groups is 2. The number of fused-ring (bicyclic) bond motifs is 1. The van der Waals surface area contributed by atoms with Gasteiger partial charge in [-0.1, -0.05) is 19.3 Å². The molecule has 4 rings (SSSR count). The maximum atomic E-state index is 13.5. The summed E-state index contributed by atoms with van der Waals surface area (Å²) >= 11 is 0. The van der Waals surface area contributed by atoms with Crippen molar-refractivity contribution in [3.8, 4) is 0 Å². The molecule has 0 radical (unpaired) electrons. The number of hydrogen-bond acceptors (Lipinski definition) is 6. The van der Waals surface area contributed by atoms with E-state index >= 15 is 0 Å². The minimum absolute atomic E-state index is 0.0552. The van der Waals surface area contributed by atoms with E-state index in [1.54, 1.807) is 35.5 Å². The quantitative estimate of drug-likeness (QED) is 0.598. The molecule has 0 atom stereocenters. The van der Waals surface area contributed by atoms with Crippen molar-refractivity contribution < 1.29 is 18.0 Å². The van der Waals surface area contributed by atoms with Crippen LogP contribution in [0.4, 0.5) is 5.69 Å². The molecule has 1 aromatic heterocycles. The normalized spacial score (nSPS) is 17.9. The molecule has 0 saturated carbocycles. The lowest BCUT2D eigenvalue weighted by molar-refractivity contribution is 0.0954. The zero-order valence-electron chi connectivity index (χ0n) is 21.3. The first-order chi connectivity index (χ1) is 18.0. The van der Waals surface area contributed by atoms with E-state index in [1.807, 2.05) is 12.1 Å². The van der Waals surface area contributed by atoms with Gasteiger partial charge in [0.05, 0.1) is 5.75 Å². The van der Waals surface area contributed by atoms with Crippen molar-refractivity contribution in [2.75, 3.05) is 43.4 Å². The van der Waals surface area contributed by atoms with Crippen LogP contribution in [0.5, 0.6) is 0 Å². The van der Waals surface area contributed by atoms with E-state index in [1.165, 1.54) is 4.31 Å². The van der Waals surface area contributed by atoms with Gasteiger partial charge in [0, 0.05) is 61.9 Å². The van der Waals surface area contributed by atoms with Crippen LogP contribution in [-0.2, 0) is 16.6 Å². The van der Waals surface area contributed by atoms with Crippen molar-refractivity contribution in [1.29, 1.82) is 0 Å². The topological polar surface area (TPSA) is 112 Å². The molecule has 1 aromatic carbocycles. The molecule has 2 amide bonds. The summed E-state index contributed by atoms with van der Waals surface area (Å²) in [6, 6.07) is 8.79. The SMILES string of the molecule is O=C(NCCS(=O)(=O)N1CCCC1)c1ccc2c(c1)CNCCCCCCCN2C(=O)c1ccncc1. The summed E-state index contributed by atoms with van der Waals surface area (Å²) in [7, 11) is -3.36. The Balaban J connectivity index is 1.52. The Morgan fingerprint density at radius 2 is 1.59 bits per heavy atom. The van der Waals surface area contributed by atoms with Gasteiger partial charge in [0.2, 0.25) is 10.0 Å². The molecule has 0 spiro atoms. The molecule has 2 N–H and O–H groups in total. The van der Waals surface area contributed by atoms with Gasteiger partial charge in [-0.2, -0.15) is 0 Å². The standard InChI is InChI=1S/C27H37N5O4S/c33-26(30-15-19-37(35,36)31-16-6-7-17-31)23-8-9-25-24(20-23)21-29-12-4-2-1-3-5-18-32(25)27(34)22-10-13-28-14-11-22/h8-11,13-14,20,29H,1-7,12,15-19,21H2,(H,30,33). The second-order valence-corrected chi connectivity index (χ2v) is 11.7. The fourth-order valence-corrected chi connectivity index (χ4v) is 6.31. The maximum absolute atomic E-state index is 13.5. The van der Waals surface area contributed by atoms with Crippen molar-refractivity contribution in [2.24, 2.45) is 0 Å². The van der Waals surface area contributed by atoms with Crippen molar-refractivity contribution in [1.82, 2.24) is 19.9 Å². The molecule has 200 valence electrons. The highest BCUT2D eigenvalue weighted by molar-refractivity contribution is 7.89. The van der Waals surface area contributed by atoms with Gasteiger partial charge in [-0.3, -0.25) is 14.6 Å². The number of sulfonamides is 1. The van der Waals surface area contributed by atoms with Crippen molar-refractivity contribution in [3.63, 3.8) is 0 Å². The first kappa shape index (κ1) is 27.2. The summed E-state index contributed by atoms with van der Waals surface area (Å²) in [6.45, 7) is 3.15. The smallest absolute Gasteiger partial charge is 0.258 e. The van der Waals surface area contributed by atoms with Crippen LogP contribution in [0.2, 0.25) is 0 Å². The fraction of sp³-hybridized carbons (Fsp3) is 0.519. The number of benzene rings is 1. The molecule has 2 aliphatic rings. The van der Waals surface area contributed by atoms with Crippen molar-refractivity contribution in [3.05, 3.63) is 59.4 Å². The number of hydrogen-bond donors (Lipinski definition) is 2. The summed E-state index contributed by atoms with van der Waals surface area (Å²) in [5.74, 6) is -0.526. The predicted octanol–water partition coefficient (Wildman–Crippen LogP) is 2.94. The zero-order valence-corrected chi connectivity index (χ0v) is 22.1. The molecular weight excluding hydrogens is 490 g/mol. The third kappa shape index (κ3) is 7.37. The third-order valence-corrected chi connectivity index (χ3v) is 8.83. The molecule has 0 aliphatic carbocycles. The molecular formula is C27H37N5O4S. The molecule has 3 heterocycles. The van der Waals surface area contributed by atoms with E-state index in [2.05, 4.69) is 15.6 Å². The van der Waals surface area contributed by atoms with E-state index in [0.29, 0.717) is 37.3 Å². The molecule has 0 unspecified atom stereocenters. The second kappa shape index (κ2) is 13.1. The number of pyridine rings is 1. The molecule has 37 heavy (non-hydrogen) atoms. The third-order valence-electron chi connectivity index (χ3n) is 6.96. The van der Waals surface area contributed by atoms with E-state index in [9.17, 15) is 18.0 Å². The predicted molar refractivity (Wildman–Crippen MR) is 144 cm³/mol. The first-order valence-corrected chi connectivity index (χ1v) is 14.9. The monoisotopic (exact) mass is 527 g/mol. The van der Waals surface area contributed by atoms with Crippen LogP contribution in [-0.4, -0.2) is 68.0 Å². The molecule has 2 aromatic rings. The number of nitrogens with one attached hydrogen (secondary N) is 2. The van der Waals surface area contributed by atoms with E-state index in [0.717, 1.165) is 62.7 Å². The van der Waals surface area contributed by atoms with Gasteiger partial charge in [0.25, 0.3) is 11.8 Å². The summed E-state index contributed by atoms with van der Waals surface area (Å²) in [6.07, 6.45) is 10.3. The number of amides is 2. The average Bonchev–Trinajstić information content (AvgIpc) is 3.45. The van der Waals surface area contributed by atoms with Crippen LogP contribution in [0.1, 0.15) is 71.2 Å². The van der Waals surface area contributed by atoms with Crippen LogP contribution < -0.4 is 15.5 Å².